The molecule has 3 rings (SSSR count). The number of nitrogens with one attached hydrogen (secondary N) is 1. The van der Waals surface area contributed by atoms with Crippen LogP contribution in [0.15, 0.2) is 12.1 Å². The fraction of sp³-hybridized carbons (Fsp3) is 0.600. The maximum Gasteiger partial charge on any atom is 0.272 e. The van der Waals surface area contributed by atoms with Gasteiger partial charge >= 0.3 is 0 Å². The maximum atomic E-state index is 12.1. The van der Waals surface area contributed by atoms with Gasteiger partial charge in [0.05, 0.1) is 0 Å². The normalized spacial score (nSPS) is 19.3. The van der Waals surface area contributed by atoms with Crippen LogP contribution in [0.3, 0.4) is 0 Å². The van der Waals surface area contributed by atoms with E-state index in [-0.39, 0.29) is 11.9 Å². The highest BCUT2D eigenvalue weighted by molar-refractivity contribution is 5.92. The van der Waals surface area contributed by atoms with Gasteiger partial charge in [-0.3, -0.25) is 9.59 Å². The van der Waals surface area contributed by atoms with Crippen molar-refractivity contribution >= 4 is 18.1 Å². The van der Waals surface area contributed by atoms with Crippen LogP contribution in [0.25, 0.3) is 0 Å². The SMILES string of the molecule is O=CN1CCN(c2ccc(C(=O)NC3CCCC3)nn2)CC1. The van der Waals surface area contributed by atoms with Crippen LogP contribution in [0.5, 0.6) is 0 Å². The van der Waals surface area contributed by atoms with Gasteiger partial charge in [-0.25, -0.2) is 0 Å². The first-order chi connectivity index (χ1) is 10.8. The third-order valence-corrected chi connectivity index (χ3v) is 4.36. The Balaban J connectivity index is 1.57. The lowest BCUT2D eigenvalue weighted by molar-refractivity contribution is -0.118. The van der Waals surface area contributed by atoms with Gasteiger partial charge in [-0.2, -0.15) is 0 Å². The molecule has 1 aliphatic carbocycles. The summed E-state index contributed by atoms with van der Waals surface area (Å²) in [6, 6.07) is 3.83. The quantitative estimate of drug-likeness (QED) is 0.816. The second-order valence-corrected chi connectivity index (χ2v) is 5.86. The molecular formula is C15H21N5O2. The number of hydrogen-bond donors (Lipinski definition) is 1. The highest BCUT2D eigenvalue weighted by Crippen LogP contribution is 2.18. The van der Waals surface area contributed by atoms with E-state index in [1.165, 1.54) is 12.8 Å². The second-order valence-electron chi connectivity index (χ2n) is 5.86. The minimum absolute atomic E-state index is 0.142. The molecule has 2 aliphatic rings. The molecule has 0 bridgehead atoms. The molecule has 118 valence electrons. The lowest BCUT2D eigenvalue weighted by atomic mass is 10.2. The fourth-order valence-electron chi connectivity index (χ4n) is 3.00. The van der Waals surface area contributed by atoms with Gasteiger partial charge in [0.1, 0.15) is 0 Å². The van der Waals surface area contributed by atoms with Gasteiger partial charge in [0.25, 0.3) is 5.91 Å². The Bertz CT molecular complexity index is 519. The summed E-state index contributed by atoms with van der Waals surface area (Å²) in [5.41, 5.74) is 0.363. The minimum Gasteiger partial charge on any atom is -0.352 e. The van der Waals surface area contributed by atoms with E-state index in [1.807, 2.05) is 6.07 Å². The highest BCUT2D eigenvalue weighted by atomic mass is 16.2. The van der Waals surface area contributed by atoms with E-state index in [4.69, 9.17) is 0 Å². The predicted molar refractivity (Wildman–Crippen MR) is 81.6 cm³/mol. The molecule has 7 heteroatoms. The van der Waals surface area contributed by atoms with Crippen molar-refractivity contribution in [3.63, 3.8) is 0 Å². The number of carbonyl (C=O) groups is 2. The monoisotopic (exact) mass is 303 g/mol. The molecule has 0 aromatic carbocycles. The van der Waals surface area contributed by atoms with Gasteiger partial charge < -0.3 is 15.1 Å². The van der Waals surface area contributed by atoms with E-state index in [2.05, 4.69) is 20.4 Å². The van der Waals surface area contributed by atoms with E-state index in [0.29, 0.717) is 18.8 Å². The average Bonchev–Trinajstić information content (AvgIpc) is 3.08. The van der Waals surface area contributed by atoms with E-state index in [0.717, 1.165) is 38.2 Å². The van der Waals surface area contributed by atoms with Crippen molar-refractivity contribution < 1.29 is 9.59 Å². The Morgan fingerprint density at radius 3 is 2.45 bits per heavy atom. The van der Waals surface area contributed by atoms with E-state index < -0.39 is 0 Å². The number of amides is 2. The Labute approximate surface area is 129 Å². The highest BCUT2D eigenvalue weighted by Gasteiger charge is 2.20. The van der Waals surface area contributed by atoms with E-state index in [9.17, 15) is 9.59 Å². The molecule has 2 fully saturated rings. The van der Waals surface area contributed by atoms with Gasteiger partial charge in [0.15, 0.2) is 11.5 Å². The molecule has 1 saturated carbocycles. The van der Waals surface area contributed by atoms with Crippen molar-refractivity contribution in [2.24, 2.45) is 0 Å². The molecular weight excluding hydrogens is 282 g/mol. The number of rotatable bonds is 4. The van der Waals surface area contributed by atoms with Gasteiger partial charge in [-0.15, -0.1) is 10.2 Å². The first-order valence-corrected chi connectivity index (χ1v) is 7.85. The molecule has 2 heterocycles. The third-order valence-electron chi connectivity index (χ3n) is 4.36. The summed E-state index contributed by atoms with van der Waals surface area (Å²) in [6.07, 6.45) is 5.35. The van der Waals surface area contributed by atoms with Crippen LogP contribution >= 0.6 is 0 Å². The van der Waals surface area contributed by atoms with Crippen LogP contribution in [-0.4, -0.2) is 59.6 Å². The largest absolute Gasteiger partial charge is 0.352 e. The molecule has 1 aromatic rings. The van der Waals surface area contributed by atoms with Crippen LogP contribution in [0, 0.1) is 0 Å². The number of carbonyl (C=O) groups excluding carboxylic acids is 2. The molecule has 0 radical (unpaired) electrons. The van der Waals surface area contributed by atoms with Gasteiger partial charge in [-0.05, 0) is 25.0 Å². The Kier molecular flexibility index (Phi) is 4.50. The van der Waals surface area contributed by atoms with Gasteiger partial charge in [-0.1, -0.05) is 12.8 Å². The third kappa shape index (κ3) is 3.35. The number of anilines is 1. The molecule has 1 N–H and O–H groups in total. The summed E-state index contributed by atoms with van der Waals surface area (Å²) in [4.78, 5) is 26.6. The molecule has 0 spiro atoms. The standard InChI is InChI=1S/C15H21N5O2/c21-11-19-7-9-20(10-8-19)14-6-5-13(17-18-14)15(22)16-12-3-1-2-4-12/h5-6,11-12H,1-4,7-10H2,(H,16,22). The van der Waals surface area contributed by atoms with Crippen molar-refractivity contribution in [3.8, 4) is 0 Å². The molecule has 22 heavy (non-hydrogen) atoms. The lowest BCUT2D eigenvalue weighted by Crippen LogP contribution is -2.46. The van der Waals surface area contributed by atoms with Crippen molar-refractivity contribution in [1.82, 2.24) is 20.4 Å². The zero-order valence-electron chi connectivity index (χ0n) is 12.6. The first kappa shape index (κ1) is 14.7. The molecule has 7 nitrogen and oxygen atoms in total. The number of nitrogens with zero attached hydrogens (tertiary/aromatic N) is 4. The summed E-state index contributed by atoms with van der Waals surface area (Å²) in [7, 11) is 0. The zero-order chi connectivity index (χ0) is 15.4. The second kappa shape index (κ2) is 6.72. The van der Waals surface area contributed by atoms with Gasteiger partial charge in [0.2, 0.25) is 6.41 Å². The first-order valence-electron chi connectivity index (χ1n) is 7.85. The number of piperazine rings is 1. The van der Waals surface area contributed by atoms with Crippen LogP contribution < -0.4 is 10.2 Å². The molecule has 2 amide bonds. The molecule has 1 aromatic heterocycles. The summed E-state index contributed by atoms with van der Waals surface area (Å²) >= 11 is 0. The van der Waals surface area contributed by atoms with Crippen LogP contribution in [0.1, 0.15) is 36.2 Å². The Hall–Kier alpha value is -2.18. The van der Waals surface area contributed by atoms with Crippen LogP contribution in [0.4, 0.5) is 5.82 Å². The van der Waals surface area contributed by atoms with E-state index in [1.54, 1.807) is 11.0 Å². The Morgan fingerprint density at radius 1 is 1.14 bits per heavy atom. The number of aromatic nitrogens is 2. The van der Waals surface area contributed by atoms with Crippen LogP contribution in [0.2, 0.25) is 0 Å². The zero-order valence-corrected chi connectivity index (χ0v) is 12.6. The van der Waals surface area contributed by atoms with Crippen molar-refractivity contribution in [1.29, 1.82) is 0 Å². The molecule has 1 saturated heterocycles. The number of hydrogen-bond acceptors (Lipinski definition) is 5. The topological polar surface area (TPSA) is 78.4 Å². The molecule has 1 aliphatic heterocycles. The average molecular weight is 303 g/mol. The summed E-state index contributed by atoms with van der Waals surface area (Å²) in [5, 5.41) is 11.2. The van der Waals surface area contributed by atoms with Gasteiger partial charge in [0, 0.05) is 32.2 Å². The minimum atomic E-state index is -0.142. The fourth-order valence-corrected chi connectivity index (χ4v) is 3.00. The van der Waals surface area contributed by atoms with Crippen molar-refractivity contribution in [3.05, 3.63) is 17.8 Å². The van der Waals surface area contributed by atoms with Crippen molar-refractivity contribution in [2.45, 2.75) is 31.7 Å². The summed E-state index contributed by atoms with van der Waals surface area (Å²) in [6.45, 7) is 2.85. The molecule has 0 unspecified atom stereocenters. The lowest BCUT2D eigenvalue weighted by Gasteiger charge is -2.32. The molecule has 0 atom stereocenters. The Morgan fingerprint density at radius 2 is 1.86 bits per heavy atom. The predicted octanol–water partition coefficient (Wildman–Crippen LogP) is 0.427. The summed E-state index contributed by atoms with van der Waals surface area (Å²) < 4.78 is 0. The maximum absolute atomic E-state index is 12.1. The van der Waals surface area contributed by atoms with E-state index >= 15 is 0 Å². The van der Waals surface area contributed by atoms with Crippen LogP contribution in [-0.2, 0) is 4.79 Å². The summed E-state index contributed by atoms with van der Waals surface area (Å²) in [5.74, 6) is 0.611. The van der Waals surface area contributed by atoms with Crippen molar-refractivity contribution in [2.75, 3.05) is 31.1 Å². The smallest absolute Gasteiger partial charge is 0.272 e.